The van der Waals surface area contributed by atoms with Crippen LogP contribution in [0.1, 0.15) is 35.3 Å². The van der Waals surface area contributed by atoms with Crippen molar-refractivity contribution in [3.63, 3.8) is 0 Å². The van der Waals surface area contributed by atoms with Crippen molar-refractivity contribution in [1.82, 2.24) is 0 Å². The number of esters is 1. The molecule has 0 aliphatic rings. The van der Waals surface area contributed by atoms with Gasteiger partial charge in [-0.2, -0.15) is 5.26 Å². The quantitative estimate of drug-likeness (QED) is 0.359. The molecule has 2 aromatic rings. The first-order valence-corrected chi connectivity index (χ1v) is 8.62. The van der Waals surface area contributed by atoms with Crippen LogP contribution in [-0.2, 0) is 14.3 Å². The molecule has 0 bridgehead atoms. The zero-order valence-electron chi connectivity index (χ0n) is 15.9. The lowest BCUT2D eigenvalue weighted by Gasteiger charge is -2.14. The van der Waals surface area contributed by atoms with Crippen molar-refractivity contribution < 1.29 is 19.1 Å². The van der Waals surface area contributed by atoms with E-state index in [-0.39, 0.29) is 11.4 Å². The van der Waals surface area contributed by atoms with Crippen LogP contribution < -0.4 is 5.32 Å². The average molecular weight is 376 g/mol. The highest BCUT2D eigenvalue weighted by atomic mass is 16.5. The molecular formula is C22H20N2O4. The monoisotopic (exact) mass is 376 g/mol. The fourth-order valence-electron chi connectivity index (χ4n) is 2.38. The smallest absolute Gasteiger partial charge is 0.349 e. The maximum Gasteiger partial charge on any atom is 0.349 e. The van der Waals surface area contributed by atoms with Crippen molar-refractivity contribution in [3.05, 3.63) is 70.8 Å². The zero-order chi connectivity index (χ0) is 20.7. The summed E-state index contributed by atoms with van der Waals surface area (Å²) >= 11 is 0. The molecule has 6 nitrogen and oxygen atoms in total. The molecule has 1 atom stereocenters. The fourth-order valence-corrected chi connectivity index (χ4v) is 2.38. The second-order valence-corrected chi connectivity index (χ2v) is 6.22. The number of para-hydroxylation sites is 1. The third kappa shape index (κ3) is 5.39. The molecule has 0 aromatic heterocycles. The number of anilines is 1. The standard InChI is InChI=1S/C22H20N2O4/c1-14-8-10-17(11-9-14)12-18(13-23)22(27)28-16(3)21(26)24-20-7-5-4-6-19(20)15(2)25/h4-12,16H,1-3H3,(H,24,26)/b18-12+/t16-/m0/s1. The van der Waals surface area contributed by atoms with Crippen LogP contribution in [0.25, 0.3) is 6.08 Å². The molecular weight excluding hydrogens is 356 g/mol. The predicted molar refractivity (Wildman–Crippen MR) is 105 cm³/mol. The van der Waals surface area contributed by atoms with Crippen molar-refractivity contribution >= 4 is 29.4 Å². The van der Waals surface area contributed by atoms with Crippen molar-refractivity contribution in [2.24, 2.45) is 0 Å². The number of nitrogens with one attached hydrogen (secondary N) is 1. The summed E-state index contributed by atoms with van der Waals surface area (Å²) in [6, 6.07) is 15.6. The zero-order valence-corrected chi connectivity index (χ0v) is 15.9. The number of carbonyl (C=O) groups excluding carboxylic acids is 3. The summed E-state index contributed by atoms with van der Waals surface area (Å²) in [7, 11) is 0. The van der Waals surface area contributed by atoms with Crippen LogP contribution in [0.4, 0.5) is 5.69 Å². The molecule has 2 aromatic carbocycles. The molecule has 0 spiro atoms. The van der Waals surface area contributed by atoms with Gasteiger partial charge in [0.1, 0.15) is 11.6 Å². The van der Waals surface area contributed by atoms with Crippen LogP contribution in [-0.4, -0.2) is 23.8 Å². The van der Waals surface area contributed by atoms with Gasteiger partial charge >= 0.3 is 5.97 Å². The Morgan fingerprint density at radius 1 is 1.11 bits per heavy atom. The second kappa shape index (κ2) is 9.28. The van der Waals surface area contributed by atoms with Crippen molar-refractivity contribution in [2.45, 2.75) is 26.9 Å². The van der Waals surface area contributed by atoms with Crippen LogP contribution >= 0.6 is 0 Å². The van der Waals surface area contributed by atoms with Crippen LogP contribution in [0.5, 0.6) is 0 Å². The number of aryl methyl sites for hydroxylation is 1. The van der Waals surface area contributed by atoms with E-state index in [1.807, 2.05) is 19.1 Å². The van der Waals surface area contributed by atoms with Gasteiger partial charge in [-0.25, -0.2) is 4.79 Å². The Labute approximate surface area is 163 Å². The first-order chi connectivity index (χ1) is 13.3. The van der Waals surface area contributed by atoms with E-state index in [1.165, 1.54) is 19.9 Å². The highest BCUT2D eigenvalue weighted by Gasteiger charge is 2.21. The molecule has 0 heterocycles. The summed E-state index contributed by atoms with van der Waals surface area (Å²) in [5, 5.41) is 11.8. The Balaban J connectivity index is 2.08. The van der Waals surface area contributed by atoms with E-state index in [1.54, 1.807) is 42.5 Å². The number of carbonyl (C=O) groups is 3. The number of hydrogen-bond acceptors (Lipinski definition) is 5. The van der Waals surface area contributed by atoms with E-state index >= 15 is 0 Å². The van der Waals surface area contributed by atoms with Gasteiger partial charge in [-0.05, 0) is 44.5 Å². The van der Waals surface area contributed by atoms with Gasteiger partial charge in [-0.3, -0.25) is 9.59 Å². The van der Waals surface area contributed by atoms with Crippen LogP contribution in [0, 0.1) is 18.3 Å². The Morgan fingerprint density at radius 3 is 2.36 bits per heavy atom. The number of ether oxygens (including phenoxy) is 1. The number of nitrogens with zero attached hydrogens (tertiary/aromatic N) is 1. The maximum absolute atomic E-state index is 12.3. The Morgan fingerprint density at radius 2 is 1.75 bits per heavy atom. The fraction of sp³-hybridized carbons (Fsp3) is 0.182. The average Bonchev–Trinajstić information content (AvgIpc) is 2.67. The third-order valence-corrected chi connectivity index (χ3v) is 3.95. The Hall–Kier alpha value is -3.72. The first kappa shape index (κ1) is 20.6. The number of Topliss-reactive ketones (excluding diaryl/α,β-unsaturated/α-hetero) is 1. The lowest BCUT2D eigenvalue weighted by molar-refractivity contribution is -0.148. The van der Waals surface area contributed by atoms with Gasteiger partial charge in [0.25, 0.3) is 5.91 Å². The molecule has 2 rings (SSSR count). The summed E-state index contributed by atoms with van der Waals surface area (Å²) in [5.74, 6) is -1.70. The number of amides is 1. The van der Waals surface area contributed by atoms with Crippen LogP contribution in [0.15, 0.2) is 54.1 Å². The normalized spacial score (nSPS) is 11.9. The SMILES string of the molecule is CC(=O)c1ccccc1NC(=O)[C@H](C)OC(=O)/C(C#N)=C/c1ccc(C)cc1. The summed E-state index contributed by atoms with van der Waals surface area (Å²) in [6.45, 7) is 4.71. The number of ketones is 1. The van der Waals surface area contributed by atoms with Crippen LogP contribution in [0.3, 0.4) is 0 Å². The minimum absolute atomic E-state index is 0.201. The Kier molecular flexibility index (Phi) is 6.83. The molecule has 6 heteroatoms. The van der Waals surface area contributed by atoms with Crippen molar-refractivity contribution in [3.8, 4) is 6.07 Å². The topological polar surface area (TPSA) is 96.3 Å². The van der Waals surface area contributed by atoms with Crippen LogP contribution in [0.2, 0.25) is 0 Å². The molecule has 1 N–H and O–H groups in total. The van der Waals surface area contributed by atoms with Gasteiger partial charge in [0.2, 0.25) is 0 Å². The van der Waals surface area contributed by atoms with Gasteiger partial charge in [-0.15, -0.1) is 0 Å². The van der Waals surface area contributed by atoms with Gasteiger partial charge in [-0.1, -0.05) is 42.0 Å². The molecule has 142 valence electrons. The minimum Gasteiger partial charge on any atom is -0.448 e. The minimum atomic E-state index is -1.15. The second-order valence-electron chi connectivity index (χ2n) is 6.22. The van der Waals surface area contributed by atoms with Crippen molar-refractivity contribution in [1.29, 1.82) is 5.26 Å². The largest absolute Gasteiger partial charge is 0.448 e. The number of hydrogen-bond donors (Lipinski definition) is 1. The third-order valence-electron chi connectivity index (χ3n) is 3.95. The van der Waals surface area contributed by atoms with Gasteiger partial charge < -0.3 is 10.1 Å². The van der Waals surface area contributed by atoms with E-state index in [4.69, 9.17) is 4.74 Å². The molecule has 0 radical (unpaired) electrons. The van der Waals surface area contributed by atoms with Gasteiger partial charge in [0, 0.05) is 5.56 Å². The van der Waals surface area contributed by atoms with Gasteiger partial charge in [0.15, 0.2) is 11.9 Å². The van der Waals surface area contributed by atoms with E-state index in [0.717, 1.165) is 5.56 Å². The molecule has 1 amide bonds. The molecule has 0 aliphatic heterocycles. The summed E-state index contributed by atoms with van der Waals surface area (Å²) in [4.78, 5) is 36.2. The maximum atomic E-state index is 12.3. The molecule has 0 fully saturated rings. The molecule has 28 heavy (non-hydrogen) atoms. The molecule has 0 saturated heterocycles. The van der Waals surface area contributed by atoms with Crippen molar-refractivity contribution in [2.75, 3.05) is 5.32 Å². The number of nitriles is 1. The highest BCUT2D eigenvalue weighted by Crippen LogP contribution is 2.16. The number of rotatable bonds is 6. The highest BCUT2D eigenvalue weighted by molar-refractivity contribution is 6.05. The van der Waals surface area contributed by atoms with E-state index in [9.17, 15) is 19.6 Å². The predicted octanol–water partition coefficient (Wildman–Crippen LogP) is 3.68. The summed E-state index contributed by atoms with van der Waals surface area (Å²) in [5.41, 5.74) is 2.19. The lowest BCUT2D eigenvalue weighted by Crippen LogP contribution is -2.30. The Bertz CT molecular complexity index is 969. The molecule has 0 aliphatic carbocycles. The molecule has 0 saturated carbocycles. The van der Waals surface area contributed by atoms with Gasteiger partial charge in [0.05, 0.1) is 5.69 Å². The lowest BCUT2D eigenvalue weighted by atomic mass is 10.1. The molecule has 0 unspecified atom stereocenters. The first-order valence-electron chi connectivity index (χ1n) is 8.62. The summed E-state index contributed by atoms with van der Waals surface area (Å²) in [6.07, 6.45) is 0.250. The summed E-state index contributed by atoms with van der Waals surface area (Å²) < 4.78 is 5.11. The van der Waals surface area contributed by atoms with E-state index in [2.05, 4.69) is 5.32 Å². The van der Waals surface area contributed by atoms with E-state index < -0.39 is 18.0 Å². The number of benzene rings is 2. The van der Waals surface area contributed by atoms with E-state index in [0.29, 0.717) is 16.8 Å².